The fourth-order valence-electron chi connectivity index (χ4n) is 2.15. The van der Waals surface area contributed by atoms with Crippen LogP contribution in [0.4, 0.5) is 4.39 Å². The van der Waals surface area contributed by atoms with Crippen molar-refractivity contribution in [2.45, 2.75) is 17.8 Å². The second-order valence-corrected chi connectivity index (χ2v) is 5.91. The van der Waals surface area contributed by atoms with E-state index in [2.05, 4.69) is 4.98 Å². The number of aryl methyl sites for hydroxylation is 1. The monoisotopic (exact) mass is 315 g/mol. The summed E-state index contributed by atoms with van der Waals surface area (Å²) in [6.07, 6.45) is 0. The van der Waals surface area contributed by atoms with Crippen LogP contribution in [0.25, 0.3) is 10.9 Å². The molecule has 3 rings (SSSR count). The fourth-order valence-corrected chi connectivity index (χ4v) is 3.06. The minimum Gasteiger partial charge on any atom is -0.334 e. The predicted octanol–water partition coefficient (Wildman–Crippen LogP) is 2.85. The summed E-state index contributed by atoms with van der Waals surface area (Å²) in [5.41, 5.74) is 1.81. The van der Waals surface area contributed by atoms with Gasteiger partial charge < -0.3 is 5.84 Å². The van der Waals surface area contributed by atoms with Gasteiger partial charge in [-0.1, -0.05) is 41.6 Å². The molecule has 112 valence electrons. The molecule has 4 nitrogen and oxygen atoms in total. The number of halogens is 1. The summed E-state index contributed by atoms with van der Waals surface area (Å²) in [5, 5.41) is 0.849. The highest BCUT2D eigenvalue weighted by Gasteiger charge is 2.11. The van der Waals surface area contributed by atoms with E-state index in [1.807, 2.05) is 13.0 Å². The van der Waals surface area contributed by atoms with E-state index < -0.39 is 0 Å². The molecule has 0 spiro atoms. The van der Waals surface area contributed by atoms with Crippen molar-refractivity contribution in [1.82, 2.24) is 9.66 Å². The normalized spacial score (nSPS) is 11.0. The molecule has 0 saturated heterocycles. The van der Waals surface area contributed by atoms with Crippen molar-refractivity contribution in [3.8, 4) is 0 Å². The zero-order valence-corrected chi connectivity index (χ0v) is 12.7. The Balaban J connectivity index is 1.98. The van der Waals surface area contributed by atoms with Crippen LogP contribution in [-0.4, -0.2) is 9.66 Å². The molecule has 0 aliphatic rings. The zero-order chi connectivity index (χ0) is 15.7. The largest absolute Gasteiger partial charge is 0.334 e. The smallest absolute Gasteiger partial charge is 0.280 e. The Hall–Kier alpha value is -2.34. The zero-order valence-electron chi connectivity index (χ0n) is 11.9. The highest BCUT2D eigenvalue weighted by Crippen LogP contribution is 2.22. The van der Waals surface area contributed by atoms with E-state index in [1.165, 1.54) is 17.8 Å². The number of thioether (sulfide) groups is 1. The number of nitrogen functional groups attached to an aromatic ring is 1. The average molecular weight is 315 g/mol. The predicted molar refractivity (Wildman–Crippen MR) is 86.9 cm³/mol. The van der Waals surface area contributed by atoms with Gasteiger partial charge in [0.1, 0.15) is 5.82 Å². The first kappa shape index (κ1) is 14.6. The Kier molecular flexibility index (Phi) is 3.85. The van der Waals surface area contributed by atoms with Crippen molar-refractivity contribution in [3.63, 3.8) is 0 Å². The van der Waals surface area contributed by atoms with E-state index >= 15 is 0 Å². The van der Waals surface area contributed by atoms with E-state index in [0.29, 0.717) is 27.4 Å². The summed E-state index contributed by atoms with van der Waals surface area (Å²) in [4.78, 5) is 16.7. The first-order valence-electron chi connectivity index (χ1n) is 6.71. The van der Waals surface area contributed by atoms with Crippen molar-refractivity contribution in [2.24, 2.45) is 0 Å². The van der Waals surface area contributed by atoms with Gasteiger partial charge in [0, 0.05) is 5.75 Å². The second kappa shape index (κ2) is 5.81. The maximum atomic E-state index is 13.6. The van der Waals surface area contributed by atoms with E-state index in [1.54, 1.807) is 30.3 Å². The van der Waals surface area contributed by atoms with Crippen LogP contribution >= 0.6 is 11.8 Å². The lowest BCUT2D eigenvalue weighted by Crippen LogP contribution is -2.29. The van der Waals surface area contributed by atoms with Gasteiger partial charge in [-0.25, -0.2) is 14.1 Å². The molecule has 0 atom stereocenters. The van der Waals surface area contributed by atoms with Crippen LogP contribution in [-0.2, 0) is 5.75 Å². The summed E-state index contributed by atoms with van der Waals surface area (Å²) in [5.74, 6) is 5.90. The van der Waals surface area contributed by atoms with Gasteiger partial charge in [-0.15, -0.1) is 0 Å². The lowest BCUT2D eigenvalue weighted by molar-refractivity contribution is 0.617. The summed E-state index contributed by atoms with van der Waals surface area (Å²) >= 11 is 1.23. The van der Waals surface area contributed by atoms with Crippen LogP contribution in [0.15, 0.2) is 52.4 Å². The number of benzene rings is 2. The molecule has 0 aliphatic heterocycles. The van der Waals surface area contributed by atoms with Gasteiger partial charge in [-0.2, -0.15) is 0 Å². The summed E-state index contributed by atoms with van der Waals surface area (Å²) in [6, 6.07) is 12.0. The summed E-state index contributed by atoms with van der Waals surface area (Å²) in [7, 11) is 0. The third-order valence-electron chi connectivity index (χ3n) is 3.34. The minimum absolute atomic E-state index is 0.280. The van der Waals surface area contributed by atoms with Gasteiger partial charge >= 0.3 is 0 Å². The van der Waals surface area contributed by atoms with Crippen molar-refractivity contribution < 1.29 is 4.39 Å². The summed E-state index contributed by atoms with van der Waals surface area (Å²) in [6.45, 7) is 1.90. The molecule has 0 radical (unpaired) electrons. The topological polar surface area (TPSA) is 60.9 Å². The first-order chi connectivity index (χ1) is 10.6. The lowest BCUT2D eigenvalue weighted by Gasteiger charge is -2.09. The van der Waals surface area contributed by atoms with Crippen LogP contribution in [0.5, 0.6) is 0 Å². The van der Waals surface area contributed by atoms with Crippen LogP contribution in [0, 0.1) is 12.7 Å². The minimum atomic E-state index is -0.301. The molecule has 22 heavy (non-hydrogen) atoms. The molecular formula is C16H14FN3OS. The van der Waals surface area contributed by atoms with Crippen molar-refractivity contribution >= 4 is 22.7 Å². The molecule has 0 amide bonds. The number of rotatable bonds is 3. The van der Waals surface area contributed by atoms with Gasteiger partial charge in [-0.05, 0) is 30.7 Å². The number of hydrogen-bond donors (Lipinski definition) is 1. The molecular weight excluding hydrogens is 301 g/mol. The third-order valence-corrected chi connectivity index (χ3v) is 4.34. The molecule has 2 aromatic carbocycles. The molecule has 3 aromatic rings. The summed E-state index contributed by atoms with van der Waals surface area (Å²) < 4.78 is 14.7. The molecule has 6 heteroatoms. The fraction of sp³-hybridized carbons (Fsp3) is 0.125. The van der Waals surface area contributed by atoms with E-state index in [-0.39, 0.29) is 11.4 Å². The van der Waals surface area contributed by atoms with Crippen molar-refractivity contribution in [3.05, 3.63) is 69.8 Å². The van der Waals surface area contributed by atoms with E-state index in [9.17, 15) is 9.18 Å². The number of hydrogen-bond acceptors (Lipinski definition) is 4. The van der Waals surface area contributed by atoms with Crippen LogP contribution < -0.4 is 11.4 Å². The molecule has 0 unspecified atom stereocenters. The van der Waals surface area contributed by atoms with Crippen molar-refractivity contribution in [2.75, 3.05) is 5.84 Å². The van der Waals surface area contributed by atoms with Gasteiger partial charge in [0.25, 0.3) is 5.56 Å². The Morgan fingerprint density at radius 3 is 2.82 bits per heavy atom. The maximum Gasteiger partial charge on any atom is 0.280 e. The molecule has 0 fully saturated rings. The highest BCUT2D eigenvalue weighted by atomic mass is 32.2. The number of aromatic nitrogens is 2. The Labute approximate surface area is 130 Å². The number of fused-ring (bicyclic) bond motifs is 1. The molecule has 0 saturated carbocycles. The number of nitrogens with zero attached hydrogens (tertiary/aromatic N) is 2. The highest BCUT2D eigenvalue weighted by molar-refractivity contribution is 7.98. The lowest BCUT2D eigenvalue weighted by atomic mass is 10.2. The average Bonchev–Trinajstić information content (AvgIpc) is 2.51. The van der Waals surface area contributed by atoms with Gasteiger partial charge in [-0.3, -0.25) is 4.79 Å². The Morgan fingerprint density at radius 1 is 1.27 bits per heavy atom. The number of nitrogens with two attached hydrogens (primary N) is 1. The SMILES string of the molecule is Cc1ccc2nc(SCc3ccccc3F)n(N)c(=O)c2c1. The Bertz CT molecular complexity index is 908. The van der Waals surface area contributed by atoms with Crippen LogP contribution in [0.2, 0.25) is 0 Å². The second-order valence-electron chi connectivity index (χ2n) is 4.97. The van der Waals surface area contributed by atoms with Gasteiger partial charge in [0.2, 0.25) is 0 Å². The molecule has 2 N–H and O–H groups in total. The van der Waals surface area contributed by atoms with E-state index in [0.717, 1.165) is 10.2 Å². The Morgan fingerprint density at radius 2 is 2.05 bits per heavy atom. The molecule has 1 heterocycles. The standard InChI is InChI=1S/C16H14FN3OS/c1-10-6-7-14-12(8-10)15(21)20(18)16(19-14)22-9-11-4-2-3-5-13(11)17/h2-8H,9,18H2,1H3. The molecule has 1 aromatic heterocycles. The maximum absolute atomic E-state index is 13.6. The van der Waals surface area contributed by atoms with Crippen LogP contribution in [0.1, 0.15) is 11.1 Å². The molecule has 0 bridgehead atoms. The molecule has 0 aliphatic carbocycles. The van der Waals surface area contributed by atoms with Gasteiger partial charge in [0.15, 0.2) is 5.16 Å². The van der Waals surface area contributed by atoms with Crippen molar-refractivity contribution in [1.29, 1.82) is 0 Å². The third kappa shape index (κ3) is 2.69. The van der Waals surface area contributed by atoms with Crippen LogP contribution in [0.3, 0.4) is 0 Å². The first-order valence-corrected chi connectivity index (χ1v) is 7.69. The van der Waals surface area contributed by atoms with Gasteiger partial charge in [0.05, 0.1) is 10.9 Å². The quantitative estimate of drug-likeness (QED) is 0.459. The van der Waals surface area contributed by atoms with E-state index in [4.69, 9.17) is 5.84 Å².